The quantitative estimate of drug-likeness (QED) is 0.667. The molecule has 6 nitrogen and oxygen atoms in total. The standard InChI is InChI=1S/C12H22N4O2S/c1-9(2)16(3)5-4-15-11-6-10(13)7-12(8-11)19(14,17)18/h6-9,15H,4-5,13H2,1-3H3,(H2,14,17,18). The number of anilines is 2. The van der Waals surface area contributed by atoms with Crippen LogP contribution in [0.2, 0.25) is 0 Å². The lowest BCUT2D eigenvalue weighted by atomic mass is 10.3. The molecular formula is C12H22N4O2S. The van der Waals surface area contributed by atoms with Crippen LogP contribution in [0.1, 0.15) is 13.8 Å². The van der Waals surface area contributed by atoms with Crippen molar-refractivity contribution < 1.29 is 8.42 Å². The molecule has 7 heteroatoms. The summed E-state index contributed by atoms with van der Waals surface area (Å²) < 4.78 is 22.6. The third-order valence-electron chi connectivity index (χ3n) is 2.93. The van der Waals surface area contributed by atoms with Crippen LogP contribution in [0.4, 0.5) is 11.4 Å². The van der Waals surface area contributed by atoms with Gasteiger partial charge in [0, 0.05) is 30.5 Å². The summed E-state index contributed by atoms with van der Waals surface area (Å²) >= 11 is 0. The van der Waals surface area contributed by atoms with E-state index in [2.05, 4.69) is 24.1 Å². The number of hydrogen-bond donors (Lipinski definition) is 3. The van der Waals surface area contributed by atoms with E-state index in [-0.39, 0.29) is 4.90 Å². The molecule has 0 radical (unpaired) electrons. The van der Waals surface area contributed by atoms with Crippen molar-refractivity contribution in [3.63, 3.8) is 0 Å². The van der Waals surface area contributed by atoms with Gasteiger partial charge in [-0.25, -0.2) is 13.6 Å². The average molecular weight is 286 g/mol. The van der Waals surface area contributed by atoms with Gasteiger partial charge in [0.2, 0.25) is 10.0 Å². The van der Waals surface area contributed by atoms with E-state index >= 15 is 0 Å². The maximum absolute atomic E-state index is 11.3. The Bertz CT molecular complexity index is 529. The molecule has 0 atom stereocenters. The molecule has 5 N–H and O–H groups in total. The van der Waals surface area contributed by atoms with E-state index in [1.165, 1.54) is 12.1 Å². The zero-order valence-electron chi connectivity index (χ0n) is 11.6. The van der Waals surface area contributed by atoms with E-state index in [1.54, 1.807) is 6.07 Å². The molecule has 0 aromatic heterocycles. The second-order valence-corrected chi connectivity index (χ2v) is 6.40. The van der Waals surface area contributed by atoms with E-state index in [9.17, 15) is 8.42 Å². The maximum Gasteiger partial charge on any atom is 0.238 e. The van der Waals surface area contributed by atoms with Gasteiger partial charge < -0.3 is 16.0 Å². The predicted octanol–water partition coefficient (Wildman–Crippen LogP) is 0.668. The van der Waals surface area contributed by atoms with Gasteiger partial charge in [-0.1, -0.05) is 0 Å². The summed E-state index contributed by atoms with van der Waals surface area (Å²) in [5.41, 5.74) is 6.69. The Morgan fingerprint density at radius 2 is 1.95 bits per heavy atom. The van der Waals surface area contributed by atoms with E-state index in [1.807, 2.05) is 7.05 Å². The highest BCUT2D eigenvalue weighted by Crippen LogP contribution is 2.19. The van der Waals surface area contributed by atoms with Crippen molar-refractivity contribution in [1.29, 1.82) is 0 Å². The van der Waals surface area contributed by atoms with Crippen molar-refractivity contribution in [3.8, 4) is 0 Å². The van der Waals surface area contributed by atoms with Crippen molar-refractivity contribution >= 4 is 21.4 Å². The van der Waals surface area contributed by atoms with Crippen LogP contribution in [0.5, 0.6) is 0 Å². The molecule has 0 saturated carbocycles. The van der Waals surface area contributed by atoms with Gasteiger partial charge >= 0.3 is 0 Å². The number of hydrogen-bond acceptors (Lipinski definition) is 5. The Morgan fingerprint density at radius 1 is 1.32 bits per heavy atom. The third kappa shape index (κ3) is 5.06. The highest BCUT2D eigenvalue weighted by Gasteiger charge is 2.10. The zero-order valence-corrected chi connectivity index (χ0v) is 12.4. The number of nitrogens with one attached hydrogen (secondary N) is 1. The van der Waals surface area contributed by atoms with Gasteiger partial charge in [-0.3, -0.25) is 0 Å². The summed E-state index contributed by atoms with van der Waals surface area (Å²) in [4.78, 5) is 2.20. The van der Waals surface area contributed by atoms with E-state index in [0.717, 1.165) is 6.54 Å². The van der Waals surface area contributed by atoms with Crippen LogP contribution in [0.15, 0.2) is 23.1 Å². The smallest absolute Gasteiger partial charge is 0.238 e. The van der Waals surface area contributed by atoms with Crippen molar-refractivity contribution in [2.24, 2.45) is 5.14 Å². The van der Waals surface area contributed by atoms with Gasteiger partial charge in [0.05, 0.1) is 4.90 Å². The lowest BCUT2D eigenvalue weighted by Crippen LogP contribution is -2.31. The van der Waals surface area contributed by atoms with Gasteiger partial charge in [0.15, 0.2) is 0 Å². The third-order valence-corrected chi connectivity index (χ3v) is 3.83. The van der Waals surface area contributed by atoms with E-state index < -0.39 is 10.0 Å². The van der Waals surface area contributed by atoms with Gasteiger partial charge in [-0.2, -0.15) is 0 Å². The number of rotatable bonds is 6. The monoisotopic (exact) mass is 286 g/mol. The van der Waals surface area contributed by atoms with Gasteiger partial charge in [0.1, 0.15) is 0 Å². The summed E-state index contributed by atoms with van der Waals surface area (Å²) in [6, 6.07) is 4.98. The van der Waals surface area contributed by atoms with Gasteiger partial charge in [-0.15, -0.1) is 0 Å². The SMILES string of the molecule is CC(C)N(C)CCNc1cc(N)cc(S(N)(=O)=O)c1. The van der Waals surface area contributed by atoms with E-state index in [0.29, 0.717) is 24.0 Å². The number of nitrogen functional groups attached to an aromatic ring is 1. The summed E-state index contributed by atoms with van der Waals surface area (Å²) in [5, 5.41) is 8.23. The minimum absolute atomic E-state index is 0.0206. The topological polar surface area (TPSA) is 101 Å². The molecular weight excluding hydrogens is 264 g/mol. The fourth-order valence-corrected chi connectivity index (χ4v) is 2.11. The Kier molecular flexibility index (Phi) is 5.16. The number of benzene rings is 1. The lowest BCUT2D eigenvalue weighted by molar-refractivity contribution is 0.284. The van der Waals surface area contributed by atoms with Gasteiger partial charge in [-0.05, 0) is 39.1 Å². The highest BCUT2D eigenvalue weighted by atomic mass is 32.2. The first kappa shape index (κ1) is 15.7. The number of nitrogens with zero attached hydrogens (tertiary/aromatic N) is 1. The van der Waals surface area contributed by atoms with Crippen molar-refractivity contribution in [1.82, 2.24) is 4.90 Å². The van der Waals surface area contributed by atoms with Crippen LogP contribution in [0.25, 0.3) is 0 Å². The summed E-state index contributed by atoms with van der Waals surface area (Å²) in [6.45, 7) is 5.76. The highest BCUT2D eigenvalue weighted by molar-refractivity contribution is 7.89. The first-order valence-electron chi connectivity index (χ1n) is 6.07. The molecule has 1 aromatic rings. The lowest BCUT2D eigenvalue weighted by Gasteiger charge is -2.21. The number of sulfonamides is 1. The van der Waals surface area contributed by atoms with E-state index in [4.69, 9.17) is 10.9 Å². The molecule has 0 amide bonds. The molecule has 0 aliphatic carbocycles. The number of nitrogens with two attached hydrogens (primary N) is 2. The first-order valence-corrected chi connectivity index (χ1v) is 7.62. The molecule has 108 valence electrons. The molecule has 0 heterocycles. The van der Waals surface area contributed by atoms with Crippen LogP contribution in [-0.2, 0) is 10.0 Å². The minimum Gasteiger partial charge on any atom is -0.399 e. The van der Waals surface area contributed by atoms with Crippen LogP contribution < -0.4 is 16.2 Å². The predicted molar refractivity (Wildman–Crippen MR) is 78.5 cm³/mol. The summed E-state index contributed by atoms with van der Waals surface area (Å²) in [7, 11) is -1.70. The minimum atomic E-state index is -3.73. The van der Waals surface area contributed by atoms with Crippen molar-refractivity contribution in [3.05, 3.63) is 18.2 Å². The molecule has 0 fully saturated rings. The number of likely N-dealkylation sites (N-methyl/N-ethyl adjacent to an activating group) is 1. The first-order chi connectivity index (χ1) is 8.70. The fourth-order valence-electron chi connectivity index (χ4n) is 1.52. The average Bonchev–Trinajstić information content (AvgIpc) is 2.26. The zero-order chi connectivity index (χ0) is 14.6. The fraction of sp³-hybridized carbons (Fsp3) is 0.500. The Morgan fingerprint density at radius 3 is 2.47 bits per heavy atom. The Hall–Kier alpha value is -1.31. The molecule has 0 aliphatic rings. The summed E-state index contributed by atoms with van der Waals surface area (Å²) in [5.74, 6) is 0. The Balaban J connectivity index is 2.72. The largest absolute Gasteiger partial charge is 0.399 e. The molecule has 19 heavy (non-hydrogen) atoms. The second-order valence-electron chi connectivity index (χ2n) is 4.84. The van der Waals surface area contributed by atoms with Crippen molar-refractivity contribution in [2.75, 3.05) is 31.2 Å². The van der Waals surface area contributed by atoms with Crippen LogP contribution in [0.3, 0.4) is 0 Å². The molecule has 0 bridgehead atoms. The molecule has 0 saturated heterocycles. The van der Waals surface area contributed by atoms with Crippen LogP contribution in [-0.4, -0.2) is 39.5 Å². The number of primary sulfonamides is 1. The van der Waals surface area contributed by atoms with Crippen molar-refractivity contribution in [2.45, 2.75) is 24.8 Å². The Labute approximate surface area is 114 Å². The summed E-state index contributed by atoms with van der Waals surface area (Å²) in [6.07, 6.45) is 0. The molecule has 0 aliphatic heterocycles. The maximum atomic E-state index is 11.3. The molecule has 0 spiro atoms. The van der Waals surface area contributed by atoms with Gasteiger partial charge in [0.25, 0.3) is 0 Å². The normalized spacial score (nSPS) is 12.1. The molecule has 1 aromatic carbocycles. The van der Waals surface area contributed by atoms with Crippen LogP contribution >= 0.6 is 0 Å². The molecule has 0 unspecified atom stereocenters. The second kappa shape index (κ2) is 6.23. The van der Waals surface area contributed by atoms with Crippen LogP contribution in [0, 0.1) is 0 Å². The molecule has 1 rings (SSSR count).